The van der Waals surface area contributed by atoms with E-state index in [9.17, 15) is 8.42 Å². The standard InChI is InChI=1S/C24H20Cl2N4O2S/c25-20-6-3-7-22(24(20)26)33(31,32)30-14-12-29(13-15-30)23-11-10-21(27-28-23)19-9-8-17-4-1-2-5-18(17)16-19/h1-11,16H,12-15H2. The van der Waals surface area contributed by atoms with Crippen LogP contribution < -0.4 is 4.90 Å². The summed E-state index contributed by atoms with van der Waals surface area (Å²) in [6.45, 7) is 1.64. The van der Waals surface area contributed by atoms with Gasteiger partial charge in [-0.15, -0.1) is 10.2 Å². The second kappa shape index (κ2) is 8.91. The first kappa shape index (κ1) is 22.1. The molecule has 6 nitrogen and oxygen atoms in total. The molecule has 9 heteroatoms. The van der Waals surface area contributed by atoms with E-state index >= 15 is 0 Å². The Hall–Kier alpha value is -2.71. The van der Waals surface area contributed by atoms with Crippen molar-refractivity contribution < 1.29 is 8.42 Å². The molecule has 1 saturated heterocycles. The quantitative estimate of drug-likeness (QED) is 0.390. The number of benzene rings is 3. The van der Waals surface area contributed by atoms with Crippen LogP contribution in [0.2, 0.25) is 10.0 Å². The van der Waals surface area contributed by atoms with Crippen molar-refractivity contribution in [3.05, 3.63) is 82.8 Å². The summed E-state index contributed by atoms with van der Waals surface area (Å²) in [7, 11) is -3.73. The van der Waals surface area contributed by atoms with Gasteiger partial charge in [-0.3, -0.25) is 0 Å². The number of hydrogen-bond donors (Lipinski definition) is 0. The molecule has 0 bridgehead atoms. The maximum atomic E-state index is 13.0. The van der Waals surface area contributed by atoms with Gasteiger partial charge in [0.15, 0.2) is 5.82 Å². The second-order valence-corrected chi connectivity index (χ2v) is 10.5. The van der Waals surface area contributed by atoms with Gasteiger partial charge in [0.25, 0.3) is 0 Å². The highest BCUT2D eigenvalue weighted by molar-refractivity contribution is 7.89. The third kappa shape index (κ3) is 4.29. The van der Waals surface area contributed by atoms with Crippen molar-refractivity contribution in [2.75, 3.05) is 31.1 Å². The normalized spacial score (nSPS) is 15.2. The van der Waals surface area contributed by atoms with E-state index in [1.807, 2.05) is 35.2 Å². The molecule has 0 radical (unpaired) electrons. The van der Waals surface area contributed by atoms with Crippen molar-refractivity contribution >= 4 is 49.8 Å². The topological polar surface area (TPSA) is 66.4 Å². The number of anilines is 1. The number of hydrogen-bond acceptors (Lipinski definition) is 5. The predicted molar refractivity (Wildman–Crippen MR) is 132 cm³/mol. The lowest BCUT2D eigenvalue weighted by Crippen LogP contribution is -2.49. The first-order valence-corrected chi connectivity index (χ1v) is 12.6. The second-order valence-electron chi connectivity index (χ2n) is 7.78. The number of sulfonamides is 1. The Balaban J connectivity index is 1.29. The van der Waals surface area contributed by atoms with Gasteiger partial charge in [-0.25, -0.2) is 8.42 Å². The number of piperazine rings is 1. The van der Waals surface area contributed by atoms with Crippen molar-refractivity contribution in [1.29, 1.82) is 0 Å². The molecule has 1 aliphatic heterocycles. The fourth-order valence-corrected chi connectivity index (χ4v) is 6.13. The maximum absolute atomic E-state index is 13.0. The van der Waals surface area contributed by atoms with E-state index in [2.05, 4.69) is 34.5 Å². The fourth-order valence-electron chi connectivity index (χ4n) is 3.98. The number of aromatic nitrogens is 2. The zero-order chi connectivity index (χ0) is 23.0. The SMILES string of the molecule is O=S(=O)(c1cccc(Cl)c1Cl)N1CCN(c2ccc(-c3ccc4ccccc4c3)nn2)CC1. The summed E-state index contributed by atoms with van der Waals surface area (Å²) in [5.74, 6) is 0.720. The molecule has 0 N–H and O–H groups in total. The summed E-state index contributed by atoms with van der Waals surface area (Å²) in [5.41, 5.74) is 1.79. The highest BCUT2D eigenvalue weighted by atomic mass is 35.5. The van der Waals surface area contributed by atoms with E-state index in [0.717, 1.165) is 22.5 Å². The van der Waals surface area contributed by atoms with E-state index < -0.39 is 10.0 Å². The van der Waals surface area contributed by atoms with Crippen LogP contribution in [-0.4, -0.2) is 49.1 Å². The van der Waals surface area contributed by atoms with Crippen molar-refractivity contribution in [3.63, 3.8) is 0 Å². The molecule has 1 aliphatic rings. The van der Waals surface area contributed by atoms with Crippen LogP contribution in [0, 0.1) is 0 Å². The lowest BCUT2D eigenvalue weighted by atomic mass is 10.1. The smallest absolute Gasteiger partial charge is 0.244 e. The molecule has 0 spiro atoms. The van der Waals surface area contributed by atoms with Crippen LogP contribution in [0.25, 0.3) is 22.0 Å². The average molecular weight is 499 g/mol. The molecule has 0 amide bonds. The Bertz CT molecular complexity index is 1420. The number of rotatable bonds is 4. The minimum Gasteiger partial charge on any atom is -0.352 e. The first-order chi connectivity index (χ1) is 15.9. The number of halogens is 2. The molecular formula is C24H20Cl2N4O2S. The lowest BCUT2D eigenvalue weighted by molar-refractivity contribution is 0.383. The van der Waals surface area contributed by atoms with Gasteiger partial charge >= 0.3 is 0 Å². The van der Waals surface area contributed by atoms with Gasteiger partial charge in [-0.2, -0.15) is 4.31 Å². The van der Waals surface area contributed by atoms with Crippen LogP contribution in [-0.2, 0) is 10.0 Å². The molecular weight excluding hydrogens is 479 g/mol. The number of nitrogens with zero attached hydrogens (tertiary/aromatic N) is 4. The fraction of sp³-hybridized carbons (Fsp3) is 0.167. The van der Waals surface area contributed by atoms with Crippen molar-refractivity contribution in [1.82, 2.24) is 14.5 Å². The Morgan fingerprint density at radius 1 is 0.758 bits per heavy atom. The summed E-state index contributed by atoms with van der Waals surface area (Å²) < 4.78 is 27.5. The molecule has 3 aromatic carbocycles. The van der Waals surface area contributed by atoms with E-state index in [1.54, 1.807) is 12.1 Å². The van der Waals surface area contributed by atoms with Crippen molar-refractivity contribution in [2.45, 2.75) is 4.90 Å². The molecule has 0 saturated carbocycles. The minimum atomic E-state index is -3.73. The van der Waals surface area contributed by atoms with Crippen LogP contribution in [0.4, 0.5) is 5.82 Å². The highest BCUT2D eigenvalue weighted by Gasteiger charge is 2.31. The van der Waals surface area contributed by atoms with Gasteiger partial charge < -0.3 is 4.90 Å². The van der Waals surface area contributed by atoms with Gasteiger partial charge in [-0.05, 0) is 41.1 Å². The first-order valence-electron chi connectivity index (χ1n) is 10.5. The molecule has 5 rings (SSSR count). The molecule has 0 unspecified atom stereocenters. The summed E-state index contributed by atoms with van der Waals surface area (Å²) in [6, 6.07) is 22.9. The Morgan fingerprint density at radius 3 is 2.24 bits per heavy atom. The summed E-state index contributed by atoms with van der Waals surface area (Å²) in [6.07, 6.45) is 0. The van der Waals surface area contributed by atoms with Crippen LogP contribution in [0.3, 0.4) is 0 Å². The molecule has 1 aromatic heterocycles. The largest absolute Gasteiger partial charge is 0.352 e. The zero-order valence-corrected chi connectivity index (χ0v) is 19.9. The van der Waals surface area contributed by atoms with Gasteiger partial charge in [0.2, 0.25) is 10.0 Å². The Morgan fingerprint density at radius 2 is 1.52 bits per heavy atom. The summed E-state index contributed by atoms with van der Waals surface area (Å²) >= 11 is 12.2. The van der Waals surface area contributed by atoms with E-state index in [1.165, 1.54) is 15.8 Å². The molecule has 2 heterocycles. The van der Waals surface area contributed by atoms with Crippen molar-refractivity contribution in [2.24, 2.45) is 0 Å². The van der Waals surface area contributed by atoms with Crippen molar-refractivity contribution in [3.8, 4) is 11.3 Å². The summed E-state index contributed by atoms with van der Waals surface area (Å²) in [4.78, 5) is 2.06. The van der Waals surface area contributed by atoms with Gasteiger partial charge in [0.1, 0.15) is 4.90 Å². The van der Waals surface area contributed by atoms with Crippen LogP contribution in [0.5, 0.6) is 0 Å². The molecule has 168 valence electrons. The third-order valence-electron chi connectivity index (χ3n) is 5.79. The highest BCUT2D eigenvalue weighted by Crippen LogP contribution is 2.31. The monoisotopic (exact) mass is 498 g/mol. The molecule has 33 heavy (non-hydrogen) atoms. The molecule has 0 aliphatic carbocycles. The van der Waals surface area contributed by atoms with E-state index in [0.29, 0.717) is 26.2 Å². The van der Waals surface area contributed by atoms with Crippen LogP contribution in [0.15, 0.2) is 77.7 Å². The Labute approximate surface area is 202 Å². The van der Waals surface area contributed by atoms with Gasteiger partial charge in [0.05, 0.1) is 15.7 Å². The van der Waals surface area contributed by atoms with E-state index in [4.69, 9.17) is 23.2 Å². The maximum Gasteiger partial charge on any atom is 0.244 e. The zero-order valence-electron chi connectivity index (χ0n) is 17.5. The lowest BCUT2D eigenvalue weighted by Gasteiger charge is -2.34. The van der Waals surface area contributed by atoms with Gasteiger partial charge in [-0.1, -0.05) is 65.7 Å². The minimum absolute atomic E-state index is 0.0321. The average Bonchev–Trinajstić information content (AvgIpc) is 2.85. The van der Waals surface area contributed by atoms with Gasteiger partial charge in [0, 0.05) is 31.7 Å². The van der Waals surface area contributed by atoms with Crippen LogP contribution in [0.1, 0.15) is 0 Å². The summed E-state index contributed by atoms with van der Waals surface area (Å²) in [5, 5.41) is 11.4. The van der Waals surface area contributed by atoms with Crippen LogP contribution >= 0.6 is 23.2 Å². The predicted octanol–water partition coefficient (Wildman–Crippen LogP) is 5.11. The molecule has 1 fully saturated rings. The third-order valence-corrected chi connectivity index (χ3v) is 8.66. The number of fused-ring (bicyclic) bond motifs is 1. The Kier molecular flexibility index (Phi) is 5.97. The molecule has 0 atom stereocenters. The molecule has 4 aromatic rings. The van der Waals surface area contributed by atoms with E-state index in [-0.39, 0.29) is 14.9 Å².